The van der Waals surface area contributed by atoms with Gasteiger partial charge in [-0.05, 0) is 48.2 Å². The molecule has 0 aromatic heterocycles. The molecule has 1 saturated heterocycles. The van der Waals surface area contributed by atoms with Crippen molar-refractivity contribution < 1.29 is 41.1 Å². The molecule has 9 nitrogen and oxygen atoms in total. The van der Waals surface area contributed by atoms with Gasteiger partial charge in [0, 0.05) is 34.7 Å². The summed E-state index contributed by atoms with van der Waals surface area (Å²) in [6, 6.07) is 10.3. The fraction of sp³-hybridized carbons (Fsp3) is 0.444. The van der Waals surface area contributed by atoms with Crippen molar-refractivity contribution in [2.45, 2.75) is 51.3 Å². The molecule has 3 amide bonds. The van der Waals surface area contributed by atoms with E-state index in [-0.39, 0.29) is 31.0 Å². The molecule has 41 heavy (non-hydrogen) atoms. The van der Waals surface area contributed by atoms with Crippen LogP contribution in [0.2, 0.25) is 5.02 Å². The molecule has 1 aliphatic heterocycles. The summed E-state index contributed by atoms with van der Waals surface area (Å²) in [7, 11) is -5.94. The molecule has 0 aliphatic carbocycles. The van der Waals surface area contributed by atoms with E-state index in [1.165, 1.54) is 12.1 Å². The summed E-state index contributed by atoms with van der Waals surface area (Å²) in [5, 5.41) is 14.7. The van der Waals surface area contributed by atoms with Crippen LogP contribution in [0.4, 0.5) is 13.2 Å². The minimum absolute atomic E-state index is 0.170. The highest BCUT2D eigenvalue weighted by molar-refractivity contribution is 7.90. The smallest absolute Gasteiger partial charge is 0.384 e. The molecule has 0 bridgehead atoms. The van der Waals surface area contributed by atoms with E-state index < -0.39 is 55.9 Å². The van der Waals surface area contributed by atoms with Gasteiger partial charge in [-0.1, -0.05) is 57.5 Å². The minimum atomic E-state index is -5.94. The summed E-state index contributed by atoms with van der Waals surface area (Å²) in [4.78, 5) is 40.3. The van der Waals surface area contributed by atoms with E-state index in [9.17, 15) is 41.1 Å². The predicted molar refractivity (Wildman–Crippen MR) is 145 cm³/mol. The monoisotopic (exact) mass is 617 g/mol. The summed E-state index contributed by atoms with van der Waals surface area (Å²) in [5.74, 6) is -3.14. The van der Waals surface area contributed by atoms with Gasteiger partial charge in [0.25, 0.3) is 11.8 Å². The average molecular weight is 618 g/mol. The number of halogens is 4. The van der Waals surface area contributed by atoms with Crippen LogP contribution in [-0.4, -0.2) is 60.8 Å². The van der Waals surface area contributed by atoms with Crippen molar-refractivity contribution in [1.82, 2.24) is 14.9 Å². The van der Waals surface area contributed by atoms with Crippen LogP contribution in [0.1, 0.15) is 60.4 Å². The molecule has 0 radical (unpaired) electrons. The minimum Gasteiger partial charge on any atom is -0.384 e. The highest BCUT2D eigenvalue weighted by atomic mass is 35.5. The maximum Gasteiger partial charge on any atom is 0.516 e. The van der Waals surface area contributed by atoms with Gasteiger partial charge < -0.3 is 15.3 Å². The van der Waals surface area contributed by atoms with Crippen molar-refractivity contribution in [3.8, 4) is 0 Å². The molecule has 2 aromatic carbocycles. The zero-order chi connectivity index (χ0) is 31.0. The number of carbonyl (C=O) groups is 3. The second-order valence-corrected chi connectivity index (χ2v) is 13.0. The van der Waals surface area contributed by atoms with Gasteiger partial charge in [-0.15, -0.1) is 0 Å². The van der Waals surface area contributed by atoms with Gasteiger partial charge in [-0.25, -0.2) is 4.72 Å². The van der Waals surface area contributed by atoms with Gasteiger partial charge in [-0.2, -0.15) is 21.6 Å². The van der Waals surface area contributed by atoms with Crippen LogP contribution in [0.15, 0.2) is 48.5 Å². The van der Waals surface area contributed by atoms with Gasteiger partial charge in [-0.3, -0.25) is 14.4 Å². The Morgan fingerprint density at radius 3 is 2.10 bits per heavy atom. The Hall–Kier alpha value is -3.16. The number of nitrogens with one attached hydrogen (secondary N) is 2. The maximum atomic E-state index is 13.6. The van der Waals surface area contributed by atoms with Crippen molar-refractivity contribution in [2.75, 3.05) is 13.1 Å². The topological polar surface area (TPSA) is 133 Å². The van der Waals surface area contributed by atoms with Crippen molar-refractivity contribution in [3.63, 3.8) is 0 Å². The molecule has 2 aromatic rings. The Bertz CT molecular complexity index is 1430. The number of nitrogens with zero attached hydrogens (tertiary/aromatic N) is 1. The molecule has 0 spiro atoms. The average Bonchev–Trinajstić information content (AvgIpc) is 2.87. The zero-order valence-electron chi connectivity index (χ0n) is 22.8. The van der Waals surface area contributed by atoms with Gasteiger partial charge in [0.2, 0.25) is 5.91 Å². The standard InChI is InChI=1S/C27H31ClF3N3O6S/c1-16(2)21(24(37)34-13-12-26(38,25(3,4)15-34)19-8-10-20(28)11-9-19)32-22(35)17-6-5-7-18(14-17)23(36)33-41(39,40)27(29,30)31/h5-11,14,16,21,38H,12-13,15H2,1-4H3,(H,32,35)(H,33,36)/t21-,26+/m1/s1. The number of hydrogen-bond acceptors (Lipinski definition) is 6. The molecule has 0 saturated carbocycles. The number of alkyl halides is 3. The summed E-state index contributed by atoms with van der Waals surface area (Å²) >= 11 is 5.99. The molecule has 224 valence electrons. The predicted octanol–water partition coefficient (Wildman–Crippen LogP) is 3.82. The van der Waals surface area contributed by atoms with Crippen molar-refractivity contribution in [3.05, 3.63) is 70.2 Å². The van der Waals surface area contributed by atoms with Gasteiger partial charge in [0.1, 0.15) is 6.04 Å². The summed E-state index contributed by atoms with van der Waals surface area (Å²) < 4.78 is 61.4. The molecule has 1 aliphatic rings. The largest absolute Gasteiger partial charge is 0.516 e. The fourth-order valence-electron chi connectivity index (χ4n) is 4.75. The first-order valence-corrected chi connectivity index (χ1v) is 14.5. The quantitative estimate of drug-likeness (QED) is 0.433. The van der Waals surface area contributed by atoms with Crippen LogP contribution in [0.5, 0.6) is 0 Å². The number of carbonyl (C=O) groups excluding carboxylic acids is 3. The lowest BCUT2D eigenvalue weighted by atomic mass is 9.66. The normalized spacial score (nSPS) is 19.9. The van der Waals surface area contributed by atoms with Crippen LogP contribution in [0, 0.1) is 11.3 Å². The number of hydrogen-bond donors (Lipinski definition) is 3. The summed E-state index contributed by atoms with van der Waals surface area (Å²) in [5.41, 5.74) is -7.73. The Morgan fingerprint density at radius 1 is 1.02 bits per heavy atom. The van der Waals surface area contributed by atoms with Crippen molar-refractivity contribution in [1.29, 1.82) is 0 Å². The molecule has 14 heteroatoms. The van der Waals surface area contributed by atoms with E-state index in [0.717, 1.165) is 16.9 Å². The number of amides is 3. The lowest BCUT2D eigenvalue weighted by molar-refractivity contribution is -0.155. The second-order valence-electron chi connectivity index (χ2n) is 10.9. The second kappa shape index (κ2) is 11.6. The van der Waals surface area contributed by atoms with E-state index in [1.807, 2.05) is 13.8 Å². The van der Waals surface area contributed by atoms with Crippen molar-refractivity contribution in [2.24, 2.45) is 11.3 Å². The van der Waals surface area contributed by atoms with E-state index in [0.29, 0.717) is 10.6 Å². The van der Waals surface area contributed by atoms with Crippen LogP contribution in [0.25, 0.3) is 0 Å². The lowest BCUT2D eigenvalue weighted by Gasteiger charge is -2.51. The molecule has 1 heterocycles. The lowest BCUT2D eigenvalue weighted by Crippen LogP contribution is -2.60. The molecule has 0 unspecified atom stereocenters. The maximum absolute atomic E-state index is 13.6. The third-order valence-electron chi connectivity index (χ3n) is 7.22. The SMILES string of the molecule is CC(C)[C@@H](NC(=O)c1cccc(C(=O)NS(=O)(=O)C(F)(F)F)c1)C(=O)N1CC[C@](O)(c2ccc(Cl)cc2)C(C)(C)C1. The third-order valence-corrected chi connectivity index (χ3v) is 8.54. The third kappa shape index (κ3) is 6.84. The highest BCUT2D eigenvalue weighted by Crippen LogP contribution is 2.46. The van der Waals surface area contributed by atoms with E-state index in [4.69, 9.17) is 11.6 Å². The first kappa shape index (κ1) is 32.4. The van der Waals surface area contributed by atoms with Crippen LogP contribution in [0.3, 0.4) is 0 Å². The number of aliphatic hydroxyl groups is 1. The van der Waals surface area contributed by atoms with Gasteiger partial charge >= 0.3 is 15.5 Å². The number of rotatable bonds is 7. The first-order valence-electron chi connectivity index (χ1n) is 12.6. The van der Waals surface area contributed by atoms with Crippen molar-refractivity contribution >= 4 is 39.3 Å². The Morgan fingerprint density at radius 2 is 1.59 bits per heavy atom. The van der Waals surface area contributed by atoms with Crippen LogP contribution < -0.4 is 10.0 Å². The Kier molecular flexibility index (Phi) is 9.16. The number of likely N-dealkylation sites (tertiary alicyclic amines) is 1. The summed E-state index contributed by atoms with van der Waals surface area (Å²) in [6.45, 7) is 7.47. The van der Waals surface area contributed by atoms with E-state index in [1.54, 1.807) is 43.0 Å². The number of benzene rings is 2. The molecular weight excluding hydrogens is 587 g/mol. The molecule has 3 rings (SSSR count). The Balaban J connectivity index is 1.76. The zero-order valence-corrected chi connectivity index (χ0v) is 24.3. The Labute approximate surface area is 241 Å². The molecular formula is C27H31ClF3N3O6S. The number of piperidine rings is 1. The van der Waals surface area contributed by atoms with Crippen LogP contribution in [-0.2, 0) is 20.4 Å². The van der Waals surface area contributed by atoms with Gasteiger partial charge in [0.05, 0.1) is 5.60 Å². The highest BCUT2D eigenvalue weighted by Gasteiger charge is 2.50. The van der Waals surface area contributed by atoms with E-state index in [2.05, 4.69) is 5.32 Å². The fourth-order valence-corrected chi connectivity index (χ4v) is 5.35. The summed E-state index contributed by atoms with van der Waals surface area (Å²) in [6.07, 6.45) is 0.226. The van der Waals surface area contributed by atoms with Gasteiger partial charge in [0.15, 0.2) is 0 Å². The van der Waals surface area contributed by atoms with E-state index >= 15 is 0 Å². The number of sulfonamides is 1. The molecule has 2 atom stereocenters. The van der Waals surface area contributed by atoms with Crippen LogP contribution >= 0.6 is 11.6 Å². The first-order chi connectivity index (χ1) is 18.8. The molecule has 1 fully saturated rings. The molecule has 3 N–H and O–H groups in total.